The van der Waals surface area contributed by atoms with Crippen LogP contribution in [-0.4, -0.2) is 62.9 Å². The summed E-state index contributed by atoms with van der Waals surface area (Å²) in [6.07, 6.45) is 2.02. The lowest BCUT2D eigenvalue weighted by molar-refractivity contribution is 0.141. The number of urea groups is 1. The highest BCUT2D eigenvalue weighted by Crippen LogP contribution is 2.25. The third kappa shape index (κ3) is 4.27. The molecule has 1 aliphatic heterocycles. The van der Waals surface area contributed by atoms with Crippen LogP contribution in [0.15, 0.2) is 24.3 Å². The van der Waals surface area contributed by atoms with E-state index < -0.39 is 0 Å². The van der Waals surface area contributed by atoms with Gasteiger partial charge in [-0.2, -0.15) is 0 Å². The summed E-state index contributed by atoms with van der Waals surface area (Å²) < 4.78 is 10.8. The highest BCUT2D eigenvalue weighted by Gasteiger charge is 2.23. The summed E-state index contributed by atoms with van der Waals surface area (Å²) in [4.78, 5) is 16.2. The first kappa shape index (κ1) is 16.4. The lowest BCUT2D eigenvalue weighted by Crippen LogP contribution is -2.48. The van der Waals surface area contributed by atoms with Crippen molar-refractivity contribution >= 4 is 6.03 Å². The molecule has 0 aliphatic carbocycles. The number of benzene rings is 1. The van der Waals surface area contributed by atoms with E-state index >= 15 is 0 Å². The molecule has 0 bridgehead atoms. The second-order valence-electron chi connectivity index (χ2n) is 5.57. The molecule has 0 saturated carbocycles. The minimum absolute atomic E-state index is 0.107. The number of amides is 2. The Labute approximate surface area is 132 Å². The van der Waals surface area contributed by atoms with Crippen molar-refractivity contribution in [2.45, 2.75) is 18.9 Å². The van der Waals surface area contributed by atoms with Gasteiger partial charge in [0.25, 0.3) is 0 Å². The summed E-state index contributed by atoms with van der Waals surface area (Å²) in [5.41, 5.74) is 0. The van der Waals surface area contributed by atoms with Crippen molar-refractivity contribution in [2.75, 3.05) is 41.0 Å². The van der Waals surface area contributed by atoms with Crippen molar-refractivity contribution in [1.82, 2.24) is 15.1 Å². The summed E-state index contributed by atoms with van der Waals surface area (Å²) in [7, 11) is 5.54. The Balaban J connectivity index is 1.77. The van der Waals surface area contributed by atoms with Gasteiger partial charge in [0.2, 0.25) is 0 Å². The van der Waals surface area contributed by atoms with E-state index in [2.05, 4.69) is 17.3 Å². The highest BCUT2D eigenvalue weighted by atomic mass is 16.5. The van der Waals surface area contributed by atoms with Crippen molar-refractivity contribution in [2.24, 2.45) is 0 Å². The van der Waals surface area contributed by atoms with Crippen LogP contribution in [-0.2, 0) is 0 Å². The molecule has 0 atom stereocenters. The van der Waals surface area contributed by atoms with Gasteiger partial charge < -0.3 is 24.6 Å². The number of rotatable bonds is 5. The molecular weight excluding hydrogens is 282 g/mol. The van der Waals surface area contributed by atoms with E-state index in [9.17, 15) is 4.79 Å². The fourth-order valence-electron chi connectivity index (χ4n) is 2.59. The lowest BCUT2D eigenvalue weighted by Gasteiger charge is -2.35. The first-order valence-electron chi connectivity index (χ1n) is 7.57. The number of nitrogens with one attached hydrogen (secondary N) is 1. The van der Waals surface area contributed by atoms with Crippen LogP contribution in [0.4, 0.5) is 4.79 Å². The first-order chi connectivity index (χ1) is 10.6. The Morgan fingerprint density at radius 1 is 1.32 bits per heavy atom. The predicted molar refractivity (Wildman–Crippen MR) is 85.3 cm³/mol. The number of carbonyl (C=O) groups excluding carboxylic acids is 1. The third-order valence-corrected chi connectivity index (χ3v) is 4.08. The Hall–Kier alpha value is -1.95. The zero-order chi connectivity index (χ0) is 15.9. The van der Waals surface area contributed by atoms with Crippen molar-refractivity contribution < 1.29 is 14.3 Å². The summed E-state index contributed by atoms with van der Waals surface area (Å²) in [5, 5.41) is 2.79. The second-order valence-corrected chi connectivity index (χ2v) is 5.57. The molecule has 22 heavy (non-hydrogen) atoms. The summed E-state index contributed by atoms with van der Waals surface area (Å²) >= 11 is 0. The molecule has 1 aromatic rings. The number of likely N-dealkylation sites (tertiary alicyclic amines) is 1. The largest absolute Gasteiger partial charge is 0.493 e. The Morgan fingerprint density at radius 2 is 1.95 bits per heavy atom. The number of para-hydroxylation sites is 2. The van der Waals surface area contributed by atoms with Gasteiger partial charge in [-0.15, -0.1) is 0 Å². The number of carbonyl (C=O) groups is 1. The molecule has 122 valence electrons. The number of methoxy groups -OCH3 is 1. The van der Waals surface area contributed by atoms with Crippen LogP contribution in [0.1, 0.15) is 12.8 Å². The highest BCUT2D eigenvalue weighted by molar-refractivity contribution is 5.74. The maximum atomic E-state index is 12.2. The van der Waals surface area contributed by atoms with E-state index in [1.54, 1.807) is 12.0 Å². The quantitative estimate of drug-likeness (QED) is 0.842. The molecule has 1 heterocycles. The zero-order valence-electron chi connectivity index (χ0n) is 13.5. The molecule has 0 spiro atoms. The number of nitrogens with zero attached hydrogens (tertiary/aromatic N) is 2. The predicted octanol–water partition coefficient (Wildman–Crippen LogP) is 1.77. The lowest BCUT2D eigenvalue weighted by atomic mass is 10.0. The van der Waals surface area contributed by atoms with E-state index in [0.29, 0.717) is 17.5 Å². The number of ether oxygens (including phenoxy) is 2. The smallest absolute Gasteiger partial charge is 0.319 e. The second kappa shape index (κ2) is 7.89. The minimum atomic E-state index is -0.107. The average molecular weight is 307 g/mol. The van der Waals surface area contributed by atoms with Gasteiger partial charge in [0.1, 0.15) is 0 Å². The van der Waals surface area contributed by atoms with Gasteiger partial charge in [-0.25, -0.2) is 4.79 Å². The van der Waals surface area contributed by atoms with E-state index in [1.807, 2.05) is 31.3 Å². The van der Waals surface area contributed by atoms with Gasteiger partial charge >= 0.3 is 6.03 Å². The summed E-state index contributed by atoms with van der Waals surface area (Å²) in [6, 6.07) is 7.56. The van der Waals surface area contributed by atoms with E-state index in [4.69, 9.17) is 9.47 Å². The van der Waals surface area contributed by atoms with Crippen LogP contribution in [0, 0.1) is 0 Å². The standard InChI is InChI=1S/C16H25N3O3/c1-18-10-8-13(9-11-18)19(2)16(20)17-12-22-15-7-5-4-6-14(15)21-3/h4-7,13H,8-12H2,1-3H3,(H,17,20). The number of hydrogen-bond donors (Lipinski definition) is 1. The van der Waals surface area contributed by atoms with Crippen molar-refractivity contribution in [3.8, 4) is 11.5 Å². The molecule has 2 amide bonds. The fraction of sp³-hybridized carbons (Fsp3) is 0.562. The Bertz CT molecular complexity index is 487. The Kier molecular flexibility index (Phi) is 5.89. The summed E-state index contributed by atoms with van der Waals surface area (Å²) in [6.45, 7) is 2.18. The molecule has 1 aromatic carbocycles. The molecule has 6 heteroatoms. The summed E-state index contributed by atoms with van der Waals surface area (Å²) in [5.74, 6) is 1.27. The molecule has 1 fully saturated rings. The van der Waals surface area contributed by atoms with Crippen molar-refractivity contribution in [3.05, 3.63) is 24.3 Å². The van der Waals surface area contributed by atoms with Crippen LogP contribution in [0.2, 0.25) is 0 Å². The van der Waals surface area contributed by atoms with Crippen LogP contribution in [0.3, 0.4) is 0 Å². The van der Waals surface area contributed by atoms with Gasteiger partial charge in [-0.3, -0.25) is 0 Å². The maximum absolute atomic E-state index is 12.2. The van der Waals surface area contributed by atoms with Gasteiger partial charge in [0, 0.05) is 13.1 Å². The van der Waals surface area contributed by atoms with Crippen LogP contribution >= 0.6 is 0 Å². The molecule has 2 rings (SSSR count). The monoisotopic (exact) mass is 307 g/mol. The molecular formula is C16H25N3O3. The first-order valence-corrected chi connectivity index (χ1v) is 7.57. The maximum Gasteiger partial charge on any atom is 0.319 e. The van der Waals surface area contributed by atoms with Crippen LogP contribution in [0.25, 0.3) is 0 Å². The van der Waals surface area contributed by atoms with Crippen molar-refractivity contribution in [1.29, 1.82) is 0 Å². The third-order valence-electron chi connectivity index (χ3n) is 4.08. The molecule has 0 unspecified atom stereocenters. The minimum Gasteiger partial charge on any atom is -0.493 e. The number of piperidine rings is 1. The normalized spacial score (nSPS) is 16.1. The van der Waals surface area contributed by atoms with Gasteiger partial charge in [0.05, 0.1) is 7.11 Å². The average Bonchev–Trinajstić information content (AvgIpc) is 2.55. The van der Waals surface area contributed by atoms with Crippen molar-refractivity contribution in [3.63, 3.8) is 0 Å². The molecule has 6 nitrogen and oxygen atoms in total. The Morgan fingerprint density at radius 3 is 2.59 bits per heavy atom. The zero-order valence-corrected chi connectivity index (χ0v) is 13.5. The van der Waals surface area contributed by atoms with E-state index in [1.165, 1.54) is 0 Å². The van der Waals surface area contributed by atoms with Gasteiger partial charge in [-0.1, -0.05) is 12.1 Å². The number of hydrogen-bond acceptors (Lipinski definition) is 4. The van der Waals surface area contributed by atoms with E-state index in [-0.39, 0.29) is 12.8 Å². The SMILES string of the molecule is COc1ccccc1OCNC(=O)N(C)C1CCN(C)CC1. The molecule has 1 N–H and O–H groups in total. The molecule has 0 radical (unpaired) electrons. The molecule has 0 aromatic heterocycles. The van der Waals surface area contributed by atoms with Gasteiger partial charge in [0.15, 0.2) is 18.2 Å². The fourth-order valence-corrected chi connectivity index (χ4v) is 2.59. The van der Waals surface area contributed by atoms with Crippen LogP contribution in [0.5, 0.6) is 11.5 Å². The van der Waals surface area contributed by atoms with Gasteiger partial charge in [-0.05, 0) is 45.1 Å². The molecule has 1 saturated heterocycles. The topological polar surface area (TPSA) is 54.0 Å². The molecule has 1 aliphatic rings. The van der Waals surface area contributed by atoms with E-state index in [0.717, 1.165) is 25.9 Å². The van der Waals surface area contributed by atoms with Crippen LogP contribution < -0.4 is 14.8 Å².